The Labute approximate surface area is 512 Å². The Kier molecular flexibility index (Phi) is 61.3. The summed E-state index contributed by atoms with van der Waals surface area (Å²) in [6.07, 6.45) is 85.1. The minimum absolute atomic E-state index is 0.183. The third-order valence-corrected chi connectivity index (χ3v) is 14.8. The van der Waals surface area contributed by atoms with Crippen molar-refractivity contribution in [2.45, 2.75) is 309 Å². The van der Waals surface area contributed by atoms with Gasteiger partial charge in [-0.1, -0.05) is 291 Å². The minimum atomic E-state index is -1.51. The first-order valence-corrected chi connectivity index (χ1v) is 34.4. The Bertz CT molecular complexity index is 1680. The van der Waals surface area contributed by atoms with Crippen LogP contribution in [0.25, 0.3) is 0 Å². The Balaban J connectivity index is 4.10. The van der Waals surface area contributed by atoms with Gasteiger partial charge in [0, 0.05) is 12.8 Å². The molecule has 0 saturated heterocycles. The van der Waals surface area contributed by atoms with Gasteiger partial charge >= 0.3 is 17.9 Å². The van der Waals surface area contributed by atoms with Crippen LogP contribution in [-0.4, -0.2) is 87.4 Å². The molecule has 0 spiro atoms. The summed E-state index contributed by atoms with van der Waals surface area (Å²) in [5.41, 5.74) is 0. The van der Waals surface area contributed by atoms with Gasteiger partial charge in [0.1, 0.15) is 13.2 Å². The van der Waals surface area contributed by atoms with Crippen molar-refractivity contribution in [2.24, 2.45) is 0 Å². The molecule has 0 rings (SSSR count). The molecule has 0 aliphatic heterocycles. The second kappa shape index (κ2) is 64.2. The monoisotopic (exact) mass is 1160 g/mol. The zero-order valence-electron chi connectivity index (χ0n) is 54.6. The molecule has 9 nitrogen and oxygen atoms in total. The maximum absolute atomic E-state index is 12.9. The molecule has 2 unspecified atom stereocenters. The van der Waals surface area contributed by atoms with Crippen LogP contribution in [0.4, 0.5) is 0 Å². The summed E-state index contributed by atoms with van der Waals surface area (Å²) >= 11 is 0. The van der Waals surface area contributed by atoms with Crippen molar-refractivity contribution in [1.29, 1.82) is 0 Å². The highest BCUT2D eigenvalue weighted by Crippen LogP contribution is 2.18. The molecule has 0 aromatic rings. The smallest absolute Gasteiger partial charge is 0.361 e. The average Bonchev–Trinajstić information content (AvgIpc) is 3.46. The molecule has 0 bridgehead atoms. The molecular weight excluding hydrogens is 1030 g/mol. The largest absolute Gasteiger partial charge is 0.477 e. The van der Waals surface area contributed by atoms with Gasteiger partial charge in [0.15, 0.2) is 6.10 Å². The summed E-state index contributed by atoms with van der Waals surface area (Å²) in [5.74, 6) is -1.99. The second-order valence-electron chi connectivity index (χ2n) is 24.1. The van der Waals surface area contributed by atoms with Gasteiger partial charge in [-0.2, -0.15) is 0 Å². The van der Waals surface area contributed by atoms with E-state index in [2.05, 4.69) is 111 Å². The van der Waals surface area contributed by atoms with E-state index in [1.54, 1.807) is 0 Å². The van der Waals surface area contributed by atoms with E-state index in [1.165, 1.54) is 180 Å². The summed E-state index contributed by atoms with van der Waals surface area (Å²) in [4.78, 5) is 37.6. The Morgan fingerprint density at radius 3 is 0.964 bits per heavy atom. The van der Waals surface area contributed by atoms with E-state index in [9.17, 15) is 19.5 Å². The third-order valence-electron chi connectivity index (χ3n) is 14.8. The average molecular weight is 1160 g/mol. The molecule has 0 aliphatic rings. The van der Waals surface area contributed by atoms with E-state index in [-0.39, 0.29) is 32.2 Å². The molecule has 0 heterocycles. The predicted molar refractivity (Wildman–Crippen MR) is 355 cm³/mol. The number of carboxylic acids is 1. The number of carbonyl (C=O) groups is 3. The van der Waals surface area contributed by atoms with E-state index < -0.39 is 24.3 Å². The fourth-order valence-electron chi connectivity index (χ4n) is 9.65. The maximum Gasteiger partial charge on any atom is 0.361 e. The number of ether oxygens (including phenoxy) is 4. The SMILES string of the molecule is CC/C=C\C/C=C\C/C=C\C/C=C\CCCCCCCCCCCCCCCCCCCCC(=O)OC(COC(=O)CCCCCCCCCCCCCCCC/C=C\C/C=C\C/C=C\C/C=C\CC)COC(OCC[N+](C)(C)C)C(=O)O. The minimum Gasteiger partial charge on any atom is -0.477 e. The zero-order valence-corrected chi connectivity index (χ0v) is 54.6. The number of quaternary nitrogens is 1. The lowest BCUT2D eigenvalue weighted by atomic mass is 10.0. The highest BCUT2D eigenvalue weighted by Gasteiger charge is 2.25. The number of hydrogen-bond donors (Lipinski definition) is 1. The molecule has 0 amide bonds. The van der Waals surface area contributed by atoms with Gasteiger partial charge in [-0.15, -0.1) is 0 Å². The molecule has 0 aromatic heterocycles. The molecular formula is C74H130NO8+. The van der Waals surface area contributed by atoms with Crippen molar-refractivity contribution >= 4 is 17.9 Å². The van der Waals surface area contributed by atoms with E-state index in [0.29, 0.717) is 17.4 Å². The molecule has 0 radical (unpaired) electrons. The van der Waals surface area contributed by atoms with E-state index in [1.807, 2.05) is 21.1 Å². The summed E-state index contributed by atoms with van der Waals surface area (Å²) in [6.45, 7) is 4.68. The second-order valence-corrected chi connectivity index (χ2v) is 24.1. The fraction of sp³-hybridized carbons (Fsp3) is 0.743. The summed E-state index contributed by atoms with van der Waals surface area (Å²) < 4.78 is 23.0. The highest BCUT2D eigenvalue weighted by atomic mass is 16.7. The summed E-state index contributed by atoms with van der Waals surface area (Å²) in [7, 11) is 5.98. The standard InChI is InChI=1S/C74H129NO8/c1-6-8-10-12-14-16-18-20-22-24-26-28-30-32-34-35-36-37-39-41-43-45-47-49-51-53-55-57-59-61-63-65-72(77)83-70(69-82-74(73(78)79)80-67-66-75(3,4)5)68-81-71(76)64-62-60-58-56-54-52-50-48-46-44-42-40-38-33-31-29-27-25-23-21-19-17-15-13-11-9-7-2/h8-11,14-17,20-23,26-29,70,74H,6-7,12-13,18-19,24-25,30-69H2,1-5H3/p+1/b10-8-,11-9-,16-14-,17-15-,22-20-,23-21-,28-26-,29-27-. The molecule has 0 aromatic carbocycles. The van der Waals surface area contributed by atoms with Crippen LogP contribution in [0, 0.1) is 0 Å². The maximum atomic E-state index is 12.9. The normalized spacial score (nSPS) is 13.3. The van der Waals surface area contributed by atoms with Crippen molar-refractivity contribution in [1.82, 2.24) is 0 Å². The fourth-order valence-corrected chi connectivity index (χ4v) is 9.65. The van der Waals surface area contributed by atoms with Crippen LogP contribution in [0.2, 0.25) is 0 Å². The Morgan fingerprint density at radius 2 is 0.651 bits per heavy atom. The van der Waals surface area contributed by atoms with Crippen LogP contribution in [0.5, 0.6) is 0 Å². The van der Waals surface area contributed by atoms with Gasteiger partial charge in [-0.3, -0.25) is 9.59 Å². The number of carbonyl (C=O) groups excluding carboxylic acids is 2. The third kappa shape index (κ3) is 65.6. The number of likely N-dealkylation sites (N-methyl/N-ethyl adjacent to an activating group) is 1. The van der Waals surface area contributed by atoms with Crippen LogP contribution in [0.3, 0.4) is 0 Å². The number of hydrogen-bond acceptors (Lipinski definition) is 7. The van der Waals surface area contributed by atoms with Gasteiger partial charge in [0.05, 0.1) is 34.4 Å². The lowest BCUT2D eigenvalue weighted by Crippen LogP contribution is -2.40. The number of esters is 2. The lowest BCUT2D eigenvalue weighted by molar-refractivity contribution is -0.870. The highest BCUT2D eigenvalue weighted by molar-refractivity contribution is 5.71. The number of unbranched alkanes of at least 4 members (excludes halogenated alkanes) is 32. The van der Waals surface area contributed by atoms with Crippen LogP contribution in [0.15, 0.2) is 97.2 Å². The van der Waals surface area contributed by atoms with E-state index in [4.69, 9.17) is 18.9 Å². The molecule has 9 heteroatoms. The molecule has 1 N–H and O–H groups in total. The Hall–Kier alpha value is -3.79. The zero-order chi connectivity index (χ0) is 60.5. The van der Waals surface area contributed by atoms with Gasteiger partial charge in [-0.05, 0) is 89.9 Å². The quantitative estimate of drug-likeness (QED) is 0.0211. The Morgan fingerprint density at radius 1 is 0.361 bits per heavy atom. The van der Waals surface area contributed by atoms with Crippen molar-refractivity contribution in [2.75, 3.05) is 47.5 Å². The topological polar surface area (TPSA) is 108 Å². The van der Waals surface area contributed by atoms with Crippen molar-refractivity contribution < 1.29 is 42.9 Å². The molecule has 0 saturated carbocycles. The van der Waals surface area contributed by atoms with E-state index in [0.717, 1.165) is 89.9 Å². The molecule has 0 fully saturated rings. The first kappa shape index (κ1) is 79.2. The first-order chi connectivity index (χ1) is 40.6. The number of allylic oxidation sites excluding steroid dienone is 16. The van der Waals surface area contributed by atoms with Crippen molar-refractivity contribution in [3.05, 3.63) is 97.2 Å². The lowest BCUT2D eigenvalue weighted by Gasteiger charge is -2.25. The number of nitrogens with zero attached hydrogens (tertiary/aromatic N) is 1. The van der Waals surface area contributed by atoms with Crippen molar-refractivity contribution in [3.8, 4) is 0 Å². The number of rotatable bonds is 63. The molecule has 478 valence electrons. The van der Waals surface area contributed by atoms with Gasteiger partial charge in [0.2, 0.25) is 0 Å². The van der Waals surface area contributed by atoms with Gasteiger partial charge in [0.25, 0.3) is 6.29 Å². The van der Waals surface area contributed by atoms with Crippen LogP contribution in [0.1, 0.15) is 296 Å². The number of aliphatic carboxylic acids is 1. The predicted octanol–water partition coefficient (Wildman–Crippen LogP) is 21.2. The molecule has 83 heavy (non-hydrogen) atoms. The van der Waals surface area contributed by atoms with E-state index >= 15 is 0 Å². The van der Waals surface area contributed by atoms with Crippen LogP contribution >= 0.6 is 0 Å². The summed E-state index contributed by atoms with van der Waals surface area (Å²) in [6, 6.07) is 0. The molecule has 0 aliphatic carbocycles. The van der Waals surface area contributed by atoms with Gasteiger partial charge < -0.3 is 28.5 Å². The number of carboxylic acid groups (broad SMARTS) is 1. The van der Waals surface area contributed by atoms with Crippen LogP contribution in [-0.2, 0) is 33.3 Å². The van der Waals surface area contributed by atoms with Crippen molar-refractivity contribution in [3.63, 3.8) is 0 Å². The first-order valence-electron chi connectivity index (χ1n) is 34.4. The molecule has 2 atom stereocenters. The van der Waals surface area contributed by atoms with Crippen LogP contribution < -0.4 is 0 Å². The summed E-state index contributed by atoms with van der Waals surface area (Å²) in [5, 5.41) is 9.75. The van der Waals surface area contributed by atoms with Gasteiger partial charge in [-0.25, -0.2) is 4.79 Å².